The molecule has 0 spiro atoms. The van der Waals surface area contributed by atoms with Crippen LogP contribution in [0.5, 0.6) is 0 Å². The van der Waals surface area contributed by atoms with Crippen molar-refractivity contribution in [2.24, 2.45) is 0 Å². The van der Waals surface area contributed by atoms with Gasteiger partial charge in [0.2, 0.25) is 10.0 Å². The highest BCUT2D eigenvalue weighted by Crippen LogP contribution is 2.22. The molecule has 0 aliphatic heterocycles. The number of nitrogens with one attached hydrogen (secondary N) is 2. The van der Waals surface area contributed by atoms with Gasteiger partial charge in [0.1, 0.15) is 5.82 Å². The second kappa shape index (κ2) is 6.33. The number of hydrogen-bond donors (Lipinski definition) is 2. The Morgan fingerprint density at radius 3 is 2.42 bits per heavy atom. The van der Waals surface area contributed by atoms with Gasteiger partial charge in [-0.1, -0.05) is 6.07 Å². The van der Waals surface area contributed by atoms with Crippen molar-refractivity contribution < 1.29 is 17.6 Å². The molecule has 0 unspecified atom stereocenters. The lowest BCUT2D eigenvalue weighted by atomic mass is 10.1. The minimum absolute atomic E-state index is 0.0222. The highest BCUT2D eigenvalue weighted by Gasteiger charge is 2.27. The van der Waals surface area contributed by atoms with Crippen LogP contribution in [0, 0.1) is 12.7 Å². The maximum atomic E-state index is 13.3. The average molecular weight is 348 g/mol. The first-order chi connectivity index (χ1) is 11.3. The first kappa shape index (κ1) is 16.6. The number of anilines is 1. The number of amides is 1. The molecule has 24 heavy (non-hydrogen) atoms. The predicted molar refractivity (Wildman–Crippen MR) is 88.9 cm³/mol. The van der Waals surface area contributed by atoms with E-state index in [1.165, 1.54) is 36.4 Å². The average Bonchev–Trinajstić information content (AvgIpc) is 3.34. The number of hydrogen-bond acceptors (Lipinski definition) is 3. The van der Waals surface area contributed by atoms with E-state index in [0.717, 1.165) is 18.4 Å². The molecule has 7 heteroatoms. The van der Waals surface area contributed by atoms with Gasteiger partial charge in [-0.25, -0.2) is 17.5 Å². The monoisotopic (exact) mass is 348 g/mol. The third-order valence-electron chi connectivity index (χ3n) is 3.77. The van der Waals surface area contributed by atoms with E-state index in [9.17, 15) is 17.6 Å². The van der Waals surface area contributed by atoms with Crippen LogP contribution in [0.3, 0.4) is 0 Å². The molecular weight excluding hydrogens is 331 g/mol. The van der Waals surface area contributed by atoms with E-state index in [-0.39, 0.29) is 10.9 Å². The zero-order chi connectivity index (χ0) is 17.3. The zero-order valence-corrected chi connectivity index (χ0v) is 13.9. The molecule has 2 aromatic carbocycles. The Morgan fingerprint density at radius 2 is 1.79 bits per heavy atom. The van der Waals surface area contributed by atoms with E-state index in [4.69, 9.17) is 0 Å². The Balaban J connectivity index is 1.75. The third kappa shape index (κ3) is 3.80. The van der Waals surface area contributed by atoms with Crippen LogP contribution >= 0.6 is 0 Å². The van der Waals surface area contributed by atoms with Crippen molar-refractivity contribution in [2.75, 3.05) is 5.32 Å². The molecule has 0 aromatic heterocycles. The van der Waals surface area contributed by atoms with Crippen LogP contribution in [0.2, 0.25) is 0 Å². The van der Waals surface area contributed by atoms with Crippen molar-refractivity contribution in [3.05, 3.63) is 59.4 Å². The standard InChI is InChI=1S/C17H17FN2O3S/c1-11-2-5-13(18)10-16(11)19-17(21)12-3-8-15(9-4-12)24(22,23)20-14-6-7-14/h2-5,8-10,14,20H,6-7H2,1H3,(H,19,21). The number of carbonyl (C=O) groups excluding carboxylic acids is 1. The fraction of sp³-hybridized carbons (Fsp3) is 0.235. The largest absolute Gasteiger partial charge is 0.322 e. The summed E-state index contributed by atoms with van der Waals surface area (Å²) in [5.41, 5.74) is 1.41. The molecule has 0 bridgehead atoms. The first-order valence-electron chi connectivity index (χ1n) is 7.55. The van der Waals surface area contributed by atoms with Gasteiger partial charge in [0.25, 0.3) is 5.91 Å². The molecule has 2 aromatic rings. The minimum Gasteiger partial charge on any atom is -0.322 e. The van der Waals surface area contributed by atoms with Gasteiger partial charge < -0.3 is 5.32 Å². The number of benzene rings is 2. The van der Waals surface area contributed by atoms with Crippen LogP contribution in [-0.2, 0) is 10.0 Å². The van der Waals surface area contributed by atoms with Gasteiger partial charge in [0, 0.05) is 17.3 Å². The molecule has 0 radical (unpaired) electrons. The lowest BCUT2D eigenvalue weighted by Crippen LogP contribution is -2.25. The molecule has 1 fully saturated rings. The van der Waals surface area contributed by atoms with Gasteiger partial charge in [-0.05, 0) is 61.7 Å². The Kier molecular flexibility index (Phi) is 4.38. The van der Waals surface area contributed by atoms with Crippen molar-refractivity contribution in [1.29, 1.82) is 0 Å². The summed E-state index contributed by atoms with van der Waals surface area (Å²) in [6, 6.07) is 9.80. The van der Waals surface area contributed by atoms with E-state index in [1.807, 2.05) is 0 Å². The third-order valence-corrected chi connectivity index (χ3v) is 5.31. The molecule has 1 saturated carbocycles. The van der Waals surface area contributed by atoms with Gasteiger partial charge in [0.05, 0.1) is 4.90 Å². The second-order valence-electron chi connectivity index (χ2n) is 5.83. The lowest BCUT2D eigenvalue weighted by Gasteiger charge is -2.09. The molecule has 0 saturated heterocycles. The molecule has 3 rings (SSSR count). The van der Waals surface area contributed by atoms with Crippen LogP contribution in [0.25, 0.3) is 0 Å². The lowest BCUT2D eigenvalue weighted by molar-refractivity contribution is 0.102. The fourth-order valence-electron chi connectivity index (χ4n) is 2.20. The van der Waals surface area contributed by atoms with Crippen LogP contribution in [-0.4, -0.2) is 20.4 Å². The van der Waals surface area contributed by atoms with E-state index < -0.39 is 21.7 Å². The first-order valence-corrected chi connectivity index (χ1v) is 9.03. The number of halogens is 1. The van der Waals surface area contributed by atoms with Crippen LogP contribution in [0.1, 0.15) is 28.8 Å². The molecule has 0 heterocycles. The van der Waals surface area contributed by atoms with Crippen molar-refractivity contribution in [1.82, 2.24) is 4.72 Å². The van der Waals surface area contributed by atoms with Gasteiger partial charge in [-0.15, -0.1) is 0 Å². The number of carbonyl (C=O) groups is 1. The summed E-state index contributed by atoms with van der Waals surface area (Å²) < 4.78 is 40.0. The molecule has 126 valence electrons. The number of aryl methyl sites for hydroxylation is 1. The highest BCUT2D eigenvalue weighted by molar-refractivity contribution is 7.89. The Morgan fingerprint density at radius 1 is 1.12 bits per heavy atom. The van der Waals surface area contributed by atoms with Gasteiger partial charge in [-0.2, -0.15) is 0 Å². The molecule has 5 nitrogen and oxygen atoms in total. The topological polar surface area (TPSA) is 75.3 Å². The van der Waals surface area contributed by atoms with E-state index in [1.54, 1.807) is 13.0 Å². The Hall–Kier alpha value is -2.25. The van der Waals surface area contributed by atoms with E-state index >= 15 is 0 Å². The maximum Gasteiger partial charge on any atom is 0.255 e. The number of rotatable bonds is 5. The second-order valence-corrected chi connectivity index (χ2v) is 7.55. The van der Waals surface area contributed by atoms with Gasteiger partial charge in [-0.3, -0.25) is 4.79 Å². The zero-order valence-electron chi connectivity index (χ0n) is 13.0. The molecule has 2 N–H and O–H groups in total. The SMILES string of the molecule is Cc1ccc(F)cc1NC(=O)c1ccc(S(=O)(=O)NC2CC2)cc1. The number of sulfonamides is 1. The van der Waals surface area contributed by atoms with E-state index in [2.05, 4.69) is 10.0 Å². The van der Waals surface area contributed by atoms with Crippen molar-refractivity contribution in [3.8, 4) is 0 Å². The van der Waals surface area contributed by atoms with Crippen molar-refractivity contribution in [3.63, 3.8) is 0 Å². The van der Waals surface area contributed by atoms with Crippen LogP contribution < -0.4 is 10.0 Å². The Labute approximate surface area is 139 Å². The highest BCUT2D eigenvalue weighted by atomic mass is 32.2. The summed E-state index contributed by atoms with van der Waals surface area (Å²) in [6.07, 6.45) is 1.71. The summed E-state index contributed by atoms with van der Waals surface area (Å²) in [5.74, 6) is -0.869. The van der Waals surface area contributed by atoms with Gasteiger partial charge >= 0.3 is 0 Å². The smallest absolute Gasteiger partial charge is 0.255 e. The molecule has 1 amide bonds. The normalized spacial score (nSPS) is 14.4. The maximum absolute atomic E-state index is 13.3. The minimum atomic E-state index is -3.54. The van der Waals surface area contributed by atoms with Crippen molar-refractivity contribution >= 4 is 21.6 Å². The molecule has 0 atom stereocenters. The summed E-state index contributed by atoms with van der Waals surface area (Å²) >= 11 is 0. The fourth-order valence-corrected chi connectivity index (χ4v) is 3.50. The molecular formula is C17H17FN2O3S. The van der Waals surface area contributed by atoms with Crippen LogP contribution in [0.4, 0.5) is 10.1 Å². The predicted octanol–water partition coefficient (Wildman–Crippen LogP) is 2.83. The van der Waals surface area contributed by atoms with Crippen LogP contribution in [0.15, 0.2) is 47.4 Å². The summed E-state index contributed by atoms with van der Waals surface area (Å²) in [4.78, 5) is 12.3. The van der Waals surface area contributed by atoms with Gasteiger partial charge in [0.15, 0.2) is 0 Å². The quantitative estimate of drug-likeness (QED) is 0.872. The summed E-state index contributed by atoms with van der Waals surface area (Å²) in [6.45, 7) is 1.76. The molecule has 1 aliphatic carbocycles. The Bertz CT molecular complexity index is 875. The molecule has 1 aliphatic rings. The van der Waals surface area contributed by atoms with Crippen molar-refractivity contribution in [2.45, 2.75) is 30.7 Å². The summed E-state index contributed by atoms with van der Waals surface area (Å²) in [5, 5.41) is 2.62. The summed E-state index contributed by atoms with van der Waals surface area (Å²) in [7, 11) is -3.54. The van der Waals surface area contributed by atoms with E-state index in [0.29, 0.717) is 11.3 Å².